The quantitative estimate of drug-likeness (QED) is 0.880. The van der Waals surface area contributed by atoms with E-state index in [1.54, 1.807) is 11.3 Å². The lowest BCUT2D eigenvalue weighted by Gasteiger charge is -2.27. The van der Waals surface area contributed by atoms with Crippen LogP contribution in [0, 0.1) is 13.8 Å². The van der Waals surface area contributed by atoms with Crippen LogP contribution < -0.4 is 11.1 Å². The first-order valence-electron chi connectivity index (χ1n) is 6.70. The lowest BCUT2D eigenvalue weighted by atomic mass is 9.94. The van der Waals surface area contributed by atoms with E-state index in [9.17, 15) is 4.79 Å². The summed E-state index contributed by atoms with van der Waals surface area (Å²) in [7, 11) is 0. The summed E-state index contributed by atoms with van der Waals surface area (Å²) < 4.78 is 0. The molecule has 1 fully saturated rings. The highest BCUT2D eigenvalue weighted by Gasteiger charge is 2.25. The lowest BCUT2D eigenvalue weighted by Crippen LogP contribution is -2.41. The zero-order chi connectivity index (χ0) is 13.1. The van der Waals surface area contributed by atoms with E-state index in [2.05, 4.69) is 25.2 Å². The van der Waals surface area contributed by atoms with Crippen molar-refractivity contribution in [3.05, 3.63) is 21.4 Å². The third-order valence-electron chi connectivity index (χ3n) is 3.68. The molecule has 0 aromatic carbocycles. The number of primary amides is 1. The summed E-state index contributed by atoms with van der Waals surface area (Å²) in [5.41, 5.74) is 6.63. The summed E-state index contributed by atoms with van der Waals surface area (Å²) in [6.07, 6.45) is 6.14. The molecule has 1 unspecified atom stereocenters. The van der Waals surface area contributed by atoms with E-state index in [4.69, 9.17) is 5.73 Å². The highest BCUT2D eigenvalue weighted by Crippen LogP contribution is 2.28. The second-order valence-corrected chi connectivity index (χ2v) is 6.67. The van der Waals surface area contributed by atoms with E-state index in [1.165, 1.54) is 29.0 Å². The largest absolute Gasteiger partial charge is 0.368 e. The van der Waals surface area contributed by atoms with E-state index in [1.807, 2.05) is 0 Å². The Labute approximate surface area is 113 Å². The van der Waals surface area contributed by atoms with Crippen LogP contribution >= 0.6 is 11.3 Å². The van der Waals surface area contributed by atoms with E-state index in [-0.39, 0.29) is 11.9 Å². The summed E-state index contributed by atoms with van der Waals surface area (Å²) in [5.74, 6) is -0.263. The monoisotopic (exact) mass is 266 g/mol. The van der Waals surface area contributed by atoms with Gasteiger partial charge in [-0.2, -0.15) is 0 Å². The summed E-state index contributed by atoms with van der Waals surface area (Å²) in [6.45, 7) is 4.13. The van der Waals surface area contributed by atoms with E-state index in [0.717, 1.165) is 18.4 Å². The minimum Gasteiger partial charge on any atom is -0.368 e. The van der Waals surface area contributed by atoms with Gasteiger partial charge in [0.25, 0.3) is 0 Å². The van der Waals surface area contributed by atoms with Crippen molar-refractivity contribution in [1.29, 1.82) is 0 Å². The molecule has 0 aliphatic heterocycles. The maximum absolute atomic E-state index is 11.7. The van der Waals surface area contributed by atoms with Crippen LogP contribution in [-0.2, 0) is 4.79 Å². The number of carbonyl (C=O) groups is 1. The highest BCUT2D eigenvalue weighted by atomic mass is 32.1. The number of hydrogen-bond donors (Lipinski definition) is 2. The molecule has 1 atom stereocenters. The van der Waals surface area contributed by atoms with Crippen molar-refractivity contribution < 1.29 is 4.79 Å². The Hall–Kier alpha value is -0.870. The van der Waals surface area contributed by atoms with Crippen LogP contribution in [0.4, 0.5) is 0 Å². The third kappa shape index (κ3) is 3.12. The van der Waals surface area contributed by atoms with Gasteiger partial charge in [-0.3, -0.25) is 10.1 Å². The van der Waals surface area contributed by atoms with Crippen molar-refractivity contribution in [1.82, 2.24) is 5.32 Å². The first-order valence-corrected chi connectivity index (χ1v) is 7.52. The average Bonchev–Trinajstić information content (AvgIpc) is 2.66. The minimum absolute atomic E-state index is 0.263. The Kier molecular flexibility index (Phi) is 4.40. The summed E-state index contributed by atoms with van der Waals surface area (Å²) in [6, 6.07) is 2.21. The lowest BCUT2D eigenvalue weighted by molar-refractivity contribution is -0.120. The number of aryl methyl sites for hydroxylation is 2. The van der Waals surface area contributed by atoms with Gasteiger partial charge in [-0.25, -0.2) is 0 Å². The first kappa shape index (κ1) is 13.6. The van der Waals surface area contributed by atoms with Crippen LogP contribution in [0.25, 0.3) is 0 Å². The zero-order valence-corrected chi connectivity index (χ0v) is 12.0. The fourth-order valence-electron chi connectivity index (χ4n) is 2.77. The van der Waals surface area contributed by atoms with Crippen LogP contribution in [0.1, 0.15) is 53.5 Å². The predicted molar refractivity (Wildman–Crippen MR) is 75.7 cm³/mol. The maximum Gasteiger partial charge on any atom is 0.239 e. The van der Waals surface area contributed by atoms with Crippen molar-refractivity contribution in [2.24, 2.45) is 5.73 Å². The van der Waals surface area contributed by atoms with Gasteiger partial charge in [0.05, 0.1) is 0 Å². The molecule has 3 N–H and O–H groups in total. The molecule has 1 aromatic heterocycles. The average molecular weight is 266 g/mol. The minimum atomic E-state index is -0.321. The number of amides is 1. The fourth-order valence-corrected chi connectivity index (χ4v) is 3.73. The molecule has 18 heavy (non-hydrogen) atoms. The standard InChI is InChI=1S/C14H22N2OS/c1-9-8-12(10(2)18-9)13(14(15)17)16-11-6-4-3-5-7-11/h8,11,13,16H,3-7H2,1-2H3,(H2,15,17). The molecule has 1 aromatic rings. The van der Waals surface area contributed by atoms with Crippen molar-refractivity contribution in [2.75, 3.05) is 0 Å². The Morgan fingerprint density at radius 1 is 1.39 bits per heavy atom. The molecule has 100 valence electrons. The van der Waals surface area contributed by atoms with Crippen molar-refractivity contribution in [2.45, 2.75) is 58.0 Å². The number of hydrogen-bond acceptors (Lipinski definition) is 3. The van der Waals surface area contributed by atoms with Gasteiger partial charge in [0.15, 0.2) is 0 Å². The van der Waals surface area contributed by atoms with Gasteiger partial charge in [-0.1, -0.05) is 19.3 Å². The van der Waals surface area contributed by atoms with Gasteiger partial charge >= 0.3 is 0 Å². The summed E-state index contributed by atoms with van der Waals surface area (Å²) in [5, 5.41) is 3.46. The molecule has 1 heterocycles. The van der Waals surface area contributed by atoms with E-state index < -0.39 is 0 Å². The van der Waals surface area contributed by atoms with Crippen LogP contribution in [-0.4, -0.2) is 11.9 Å². The van der Waals surface area contributed by atoms with E-state index in [0.29, 0.717) is 6.04 Å². The predicted octanol–water partition coefficient (Wildman–Crippen LogP) is 2.81. The maximum atomic E-state index is 11.7. The molecule has 3 nitrogen and oxygen atoms in total. The molecule has 1 amide bonds. The third-order valence-corrected chi connectivity index (χ3v) is 4.66. The van der Waals surface area contributed by atoms with Gasteiger partial charge in [0, 0.05) is 15.8 Å². The summed E-state index contributed by atoms with van der Waals surface area (Å²) in [4.78, 5) is 14.1. The van der Waals surface area contributed by atoms with Gasteiger partial charge in [0.1, 0.15) is 6.04 Å². The van der Waals surface area contributed by atoms with Crippen molar-refractivity contribution >= 4 is 17.2 Å². The SMILES string of the molecule is Cc1cc(C(NC2CCCCC2)C(N)=O)c(C)s1. The first-order chi connectivity index (χ1) is 8.58. The number of thiophene rings is 1. The number of rotatable bonds is 4. The fraction of sp³-hybridized carbons (Fsp3) is 0.643. The second-order valence-electron chi connectivity index (χ2n) is 5.21. The van der Waals surface area contributed by atoms with Crippen LogP contribution in [0.15, 0.2) is 6.07 Å². The molecule has 2 rings (SSSR count). The van der Waals surface area contributed by atoms with Gasteiger partial charge in [0.2, 0.25) is 5.91 Å². The van der Waals surface area contributed by atoms with Crippen LogP contribution in [0.2, 0.25) is 0 Å². The van der Waals surface area contributed by atoms with Crippen LogP contribution in [0.3, 0.4) is 0 Å². The molecule has 1 aliphatic carbocycles. The highest BCUT2D eigenvalue weighted by molar-refractivity contribution is 7.12. The Morgan fingerprint density at radius 3 is 2.56 bits per heavy atom. The van der Waals surface area contributed by atoms with E-state index >= 15 is 0 Å². The topological polar surface area (TPSA) is 55.1 Å². The van der Waals surface area contributed by atoms with Crippen molar-refractivity contribution in [3.8, 4) is 0 Å². The molecule has 0 radical (unpaired) electrons. The van der Waals surface area contributed by atoms with Crippen molar-refractivity contribution in [3.63, 3.8) is 0 Å². The molecule has 0 bridgehead atoms. The molecule has 0 saturated heterocycles. The normalized spacial score (nSPS) is 18.8. The van der Waals surface area contributed by atoms with Crippen LogP contribution in [0.5, 0.6) is 0 Å². The Morgan fingerprint density at radius 2 is 2.06 bits per heavy atom. The molecule has 0 spiro atoms. The summed E-state index contributed by atoms with van der Waals surface area (Å²) >= 11 is 1.73. The van der Waals surface area contributed by atoms with Gasteiger partial charge in [-0.15, -0.1) is 11.3 Å². The molecule has 1 saturated carbocycles. The second kappa shape index (κ2) is 5.85. The van der Waals surface area contributed by atoms with Gasteiger partial charge < -0.3 is 5.73 Å². The molecular weight excluding hydrogens is 244 g/mol. The molecule has 1 aliphatic rings. The van der Waals surface area contributed by atoms with Gasteiger partial charge in [-0.05, 0) is 38.3 Å². The zero-order valence-electron chi connectivity index (χ0n) is 11.2. The number of nitrogens with one attached hydrogen (secondary N) is 1. The smallest absolute Gasteiger partial charge is 0.239 e. The molecule has 4 heteroatoms. The number of nitrogens with two attached hydrogens (primary N) is 1. The Bertz CT molecular complexity index is 421. The Balaban J connectivity index is 2.12. The molecular formula is C14H22N2OS. The number of carbonyl (C=O) groups excluding carboxylic acids is 1.